The lowest BCUT2D eigenvalue weighted by Crippen LogP contribution is -2.24. The van der Waals surface area contributed by atoms with E-state index in [1.165, 1.54) is 17.8 Å². The molecule has 3 nitrogen and oxygen atoms in total. The lowest BCUT2D eigenvalue weighted by molar-refractivity contribution is 0.0943. The Labute approximate surface area is 148 Å². The monoisotopic (exact) mass is 362 g/mol. The lowest BCUT2D eigenvalue weighted by Gasteiger charge is -2.08. The van der Waals surface area contributed by atoms with Crippen molar-refractivity contribution in [3.8, 4) is 0 Å². The molecule has 0 atom stereocenters. The predicted octanol–water partition coefficient (Wildman–Crippen LogP) is 4.62. The summed E-state index contributed by atoms with van der Waals surface area (Å²) in [5.41, 5.74) is 2.15. The van der Waals surface area contributed by atoms with E-state index in [0.29, 0.717) is 15.6 Å². The van der Waals surface area contributed by atoms with Crippen molar-refractivity contribution in [1.82, 2.24) is 9.88 Å². The van der Waals surface area contributed by atoms with Gasteiger partial charge in [-0.3, -0.25) is 4.79 Å². The third-order valence-corrected chi connectivity index (χ3v) is 4.92. The molecule has 1 N–H and O–H groups in total. The van der Waals surface area contributed by atoms with Gasteiger partial charge in [0.25, 0.3) is 5.91 Å². The Kier molecular flexibility index (Phi) is 4.83. The van der Waals surface area contributed by atoms with Crippen LogP contribution in [0.5, 0.6) is 0 Å². The van der Waals surface area contributed by atoms with Gasteiger partial charge in [0.05, 0.1) is 0 Å². The third-order valence-electron chi connectivity index (χ3n) is 3.91. The van der Waals surface area contributed by atoms with Gasteiger partial charge in [-0.1, -0.05) is 23.7 Å². The number of nitrogens with zero attached hydrogens (tertiary/aromatic N) is 1. The van der Waals surface area contributed by atoms with Crippen molar-refractivity contribution >= 4 is 40.2 Å². The number of hydrogen-bond acceptors (Lipinski definition) is 2. The van der Waals surface area contributed by atoms with Gasteiger partial charge in [0, 0.05) is 34.4 Å². The summed E-state index contributed by atoms with van der Waals surface area (Å²) >= 11 is 7.36. The average Bonchev–Trinajstić information content (AvgIpc) is 2.89. The number of benzene rings is 2. The maximum absolute atomic E-state index is 13.8. The molecule has 2 aromatic carbocycles. The number of amides is 1. The molecule has 1 amide bonds. The molecule has 0 saturated carbocycles. The van der Waals surface area contributed by atoms with Crippen molar-refractivity contribution < 1.29 is 9.18 Å². The maximum Gasteiger partial charge on any atom is 0.268 e. The maximum atomic E-state index is 13.8. The van der Waals surface area contributed by atoms with Crippen LogP contribution < -0.4 is 5.32 Å². The lowest BCUT2D eigenvalue weighted by atomic mass is 10.2. The summed E-state index contributed by atoms with van der Waals surface area (Å²) in [5, 5.41) is 4.40. The summed E-state index contributed by atoms with van der Waals surface area (Å²) in [6.45, 7) is 0.271. The van der Waals surface area contributed by atoms with Gasteiger partial charge in [-0.2, -0.15) is 0 Å². The van der Waals surface area contributed by atoms with Crippen molar-refractivity contribution in [3.63, 3.8) is 0 Å². The van der Waals surface area contributed by atoms with Crippen molar-refractivity contribution in [3.05, 3.63) is 64.6 Å². The largest absolute Gasteiger partial charge is 0.347 e. The smallest absolute Gasteiger partial charge is 0.268 e. The van der Waals surface area contributed by atoms with E-state index < -0.39 is 0 Å². The van der Waals surface area contributed by atoms with E-state index in [0.717, 1.165) is 16.5 Å². The number of halogens is 2. The molecule has 6 heteroatoms. The quantitative estimate of drug-likeness (QED) is 0.687. The van der Waals surface area contributed by atoms with Crippen LogP contribution in [0.2, 0.25) is 5.02 Å². The molecule has 0 unspecified atom stereocenters. The molecule has 124 valence electrons. The van der Waals surface area contributed by atoms with Crippen LogP contribution in [0.15, 0.2) is 47.4 Å². The molecule has 0 aliphatic rings. The van der Waals surface area contributed by atoms with E-state index in [1.807, 2.05) is 37.6 Å². The van der Waals surface area contributed by atoms with Gasteiger partial charge in [-0.25, -0.2) is 4.39 Å². The standard InChI is InChI=1S/C18H16ClFN2OS/c1-22-15-9-13(19)5-4-12(15)8-16(22)18(23)21-10-11-3-6-17(24-2)14(20)7-11/h3-9H,10H2,1-2H3,(H,21,23). The van der Waals surface area contributed by atoms with Crippen molar-refractivity contribution in [1.29, 1.82) is 0 Å². The van der Waals surface area contributed by atoms with E-state index in [9.17, 15) is 9.18 Å². The number of rotatable bonds is 4. The second kappa shape index (κ2) is 6.87. The highest BCUT2D eigenvalue weighted by Crippen LogP contribution is 2.23. The van der Waals surface area contributed by atoms with Gasteiger partial charge >= 0.3 is 0 Å². The van der Waals surface area contributed by atoms with E-state index in [1.54, 1.807) is 16.7 Å². The first kappa shape index (κ1) is 16.9. The molecule has 0 fully saturated rings. The van der Waals surface area contributed by atoms with Gasteiger partial charge in [-0.05, 0) is 42.2 Å². The van der Waals surface area contributed by atoms with Gasteiger partial charge in [-0.15, -0.1) is 11.8 Å². The van der Waals surface area contributed by atoms with Crippen LogP contribution in [0.25, 0.3) is 10.9 Å². The molecule has 3 aromatic rings. The van der Waals surface area contributed by atoms with E-state index >= 15 is 0 Å². The first-order valence-electron chi connectivity index (χ1n) is 7.35. The molecular weight excluding hydrogens is 347 g/mol. The molecule has 1 aromatic heterocycles. The first-order chi connectivity index (χ1) is 11.5. The minimum atomic E-state index is -0.270. The fraction of sp³-hybridized carbons (Fsp3) is 0.167. The highest BCUT2D eigenvalue weighted by atomic mass is 35.5. The number of carbonyl (C=O) groups is 1. The van der Waals surface area contributed by atoms with Crippen LogP contribution in [0.1, 0.15) is 16.1 Å². The zero-order chi connectivity index (χ0) is 17.3. The van der Waals surface area contributed by atoms with Crippen molar-refractivity contribution in [2.24, 2.45) is 7.05 Å². The minimum absolute atomic E-state index is 0.209. The van der Waals surface area contributed by atoms with Crippen molar-refractivity contribution in [2.45, 2.75) is 11.4 Å². The number of aryl methyl sites for hydroxylation is 1. The number of hydrogen-bond donors (Lipinski definition) is 1. The van der Waals surface area contributed by atoms with Gasteiger partial charge in [0.1, 0.15) is 11.5 Å². The SMILES string of the molecule is CSc1ccc(CNC(=O)c2cc3ccc(Cl)cc3n2C)cc1F. The summed E-state index contributed by atoms with van der Waals surface area (Å²) in [4.78, 5) is 13.0. The van der Waals surface area contributed by atoms with Gasteiger partial charge < -0.3 is 9.88 Å². The van der Waals surface area contributed by atoms with Crippen LogP contribution >= 0.6 is 23.4 Å². The Hall–Kier alpha value is -1.98. The second-order valence-corrected chi connectivity index (χ2v) is 6.73. The summed E-state index contributed by atoms with van der Waals surface area (Å²) in [6, 6.07) is 12.3. The molecule has 24 heavy (non-hydrogen) atoms. The van der Waals surface area contributed by atoms with Crippen LogP contribution in [-0.2, 0) is 13.6 Å². The molecule has 0 aliphatic carbocycles. The molecule has 1 heterocycles. The number of thioether (sulfide) groups is 1. The van der Waals surface area contributed by atoms with Gasteiger partial charge in [0.2, 0.25) is 0 Å². The summed E-state index contributed by atoms with van der Waals surface area (Å²) in [7, 11) is 1.82. The molecule has 0 radical (unpaired) electrons. The van der Waals surface area contributed by atoms with E-state index in [2.05, 4.69) is 5.32 Å². The fourth-order valence-electron chi connectivity index (χ4n) is 2.61. The zero-order valence-corrected chi connectivity index (χ0v) is 14.8. The highest BCUT2D eigenvalue weighted by Gasteiger charge is 2.13. The molecule has 3 rings (SSSR count). The Balaban J connectivity index is 1.78. The van der Waals surface area contributed by atoms with Crippen LogP contribution in [0, 0.1) is 5.82 Å². The van der Waals surface area contributed by atoms with Crippen LogP contribution in [-0.4, -0.2) is 16.7 Å². The topological polar surface area (TPSA) is 34.0 Å². The fourth-order valence-corrected chi connectivity index (χ4v) is 3.24. The number of fused-ring (bicyclic) bond motifs is 1. The van der Waals surface area contributed by atoms with Gasteiger partial charge in [0.15, 0.2) is 0 Å². The average molecular weight is 363 g/mol. The summed E-state index contributed by atoms with van der Waals surface area (Å²) in [6.07, 6.45) is 1.83. The van der Waals surface area contributed by atoms with Crippen LogP contribution in [0.3, 0.4) is 0 Å². The minimum Gasteiger partial charge on any atom is -0.347 e. The summed E-state index contributed by atoms with van der Waals surface area (Å²) in [5.74, 6) is -0.479. The van der Waals surface area contributed by atoms with E-state index in [-0.39, 0.29) is 18.3 Å². The van der Waals surface area contributed by atoms with Crippen LogP contribution in [0.4, 0.5) is 4.39 Å². The zero-order valence-electron chi connectivity index (χ0n) is 13.3. The first-order valence-corrected chi connectivity index (χ1v) is 8.95. The van der Waals surface area contributed by atoms with Crippen molar-refractivity contribution in [2.75, 3.05) is 6.26 Å². The molecule has 0 spiro atoms. The highest BCUT2D eigenvalue weighted by molar-refractivity contribution is 7.98. The Morgan fingerprint density at radius 2 is 2.04 bits per heavy atom. The number of carbonyl (C=O) groups excluding carboxylic acids is 1. The Morgan fingerprint density at radius 1 is 1.25 bits per heavy atom. The van der Waals surface area contributed by atoms with E-state index in [4.69, 9.17) is 11.6 Å². The third kappa shape index (κ3) is 3.28. The second-order valence-electron chi connectivity index (χ2n) is 5.44. The molecular formula is C18H16ClFN2OS. The predicted molar refractivity (Wildman–Crippen MR) is 97.3 cm³/mol. The molecule has 0 bridgehead atoms. The number of aromatic nitrogens is 1. The molecule has 0 aliphatic heterocycles. The Bertz CT molecular complexity index is 923. The Morgan fingerprint density at radius 3 is 2.75 bits per heavy atom. The normalized spacial score (nSPS) is 11.0. The molecule has 0 saturated heterocycles. The number of nitrogens with one attached hydrogen (secondary N) is 1. The summed E-state index contributed by atoms with van der Waals surface area (Å²) < 4.78 is 15.6.